The van der Waals surface area contributed by atoms with Crippen LogP contribution in [0.15, 0.2) is 218 Å². The first-order valence-electron chi connectivity index (χ1n) is 43.2. The fourth-order valence-electron chi connectivity index (χ4n) is 18.6. The van der Waals surface area contributed by atoms with Crippen molar-refractivity contribution in [3.8, 4) is 80.2 Å². The van der Waals surface area contributed by atoms with Gasteiger partial charge in [0, 0.05) is 206 Å². The molecule has 12 aromatic rings. The lowest BCUT2D eigenvalue weighted by molar-refractivity contribution is -0.137. The Labute approximate surface area is 754 Å². The quantitative estimate of drug-likeness (QED) is 0.110. The molecule has 0 saturated carbocycles. The third kappa shape index (κ3) is 16.9. The zero-order valence-corrected chi connectivity index (χ0v) is 74.2. The van der Waals surface area contributed by atoms with Crippen LogP contribution in [0.3, 0.4) is 0 Å². The minimum absolute atomic E-state index is 0.0107. The molecule has 5 aromatic heterocycles. The van der Waals surface area contributed by atoms with Crippen molar-refractivity contribution >= 4 is 46.8 Å². The Hall–Kier alpha value is -13.2. The van der Waals surface area contributed by atoms with Gasteiger partial charge in [-0.05, 0) is 160 Å². The number of nitriles is 1. The Bertz CT molecular complexity index is 6370. The molecule has 25 nitrogen and oxygen atoms in total. The third-order valence-corrected chi connectivity index (χ3v) is 26.4. The number of likely N-dealkylation sites (tertiary alicyclic amines) is 4. The first-order chi connectivity index (χ1) is 62.2. The molecule has 4 spiro atoms. The summed E-state index contributed by atoms with van der Waals surface area (Å²) in [5, 5.41) is 19.0. The van der Waals surface area contributed by atoms with Crippen LogP contribution in [0.2, 0.25) is 10.0 Å². The number of rotatable bonds is 12. The van der Waals surface area contributed by atoms with Crippen LogP contribution in [0.1, 0.15) is 154 Å². The number of aromatic nitrogens is 7. The molecule has 8 aliphatic rings. The van der Waals surface area contributed by atoms with Crippen molar-refractivity contribution in [2.45, 2.75) is 119 Å². The highest BCUT2D eigenvalue weighted by atomic mass is 35.5. The number of nitrogens with zero attached hydrogens (tertiary/aromatic N) is 12. The minimum Gasteiger partial charge on any atom is -0.493 e. The fraction of sp³-hybridized carbons (Fsp3) is 0.333. The lowest BCUT2D eigenvalue weighted by Crippen LogP contribution is -2.50. The van der Waals surface area contributed by atoms with Gasteiger partial charge in [-0.2, -0.15) is 28.6 Å². The van der Waals surface area contributed by atoms with E-state index in [0.29, 0.717) is 149 Å². The maximum absolute atomic E-state index is 13.4. The molecule has 0 N–H and O–H groups in total. The van der Waals surface area contributed by atoms with Gasteiger partial charge in [-0.25, -0.2) is 0 Å². The average molecular weight is 1790 g/mol. The van der Waals surface area contributed by atoms with Crippen LogP contribution in [0.25, 0.3) is 33.9 Å². The van der Waals surface area contributed by atoms with Gasteiger partial charge >= 0.3 is 6.18 Å². The number of para-hydroxylation sites is 4. The molecule has 8 aliphatic heterocycles. The van der Waals surface area contributed by atoms with E-state index >= 15 is 0 Å². The third-order valence-electron chi connectivity index (χ3n) is 25.9. The number of methoxy groups -OCH3 is 2. The number of hydrogen-bond acceptors (Lipinski definition) is 16. The molecule has 0 aliphatic carbocycles. The normalized spacial score (nSPS) is 16.8. The molecule has 2 atom stereocenters. The Balaban J connectivity index is 0.000000121. The maximum Gasteiger partial charge on any atom is 0.416 e. The predicted octanol–water partition coefficient (Wildman–Crippen LogP) is 17.7. The second-order valence-corrected chi connectivity index (χ2v) is 34.5. The van der Waals surface area contributed by atoms with Crippen LogP contribution in [-0.4, -0.2) is 162 Å². The summed E-state index contributed by atoms with van der Waals surface area (Å²) >= 11 is 12.1. The molecule has 20 rings (SSSR count). The number of fused-ring (bicyclic) bond motifs is 16. The summed E-state index contributed by atoms with van der Waals surface area (Å²) in [4.78, 5) is 71.9. The molecule has 30 heteroatoms. The van der Waals surface area contributed by atoms with Crippen LogP contribution >= 0.6 is 23.2 Å². The van der Waals surface area contributed by atoms with E-state index in [9.17, 15) is 42.4 Å². The van der Waals surface area contributed by atoms with Crippen LogP contribution in [0.4, 0.5) is 13.2 Å². The van der Waals surface area contributed by atoms with Gasteiger partial charge in [-0.15, -0.1) is 0 Å². The van der Waals surface area contributed by atoms with Gasteiger partial charge in [0.15, 0.2) is 22.7 Å². The number of aryl methyl sites for hydroxylation is 3. The highest BCUT2D eigenvalue weighted by Gasteiger charge is 2.51. The van der Waals surface area contributed by atoms with E-state index in [1.807, 2.05) is 157 Å². The number of pyridine rings is 1. The van der Waals surface area contributed by atoms with Crippen molar-refractivity contribution in [2.75, 3.05) is 73.2 Å². The van der Waals surface area contributed by atoms with Crippen molar-refractivity contribution in [1.29, 1.82) is 5.26 Å². The summed E-state index contributed by atoms with van der Waals surface area (Å²) in [5.41, 5.74) is 8.69. The van der Waals surface area contributed by atoms with Gasteiger partial charge in [-0.1, -0.05) is 66.5 Å². The number of amides is 4. The lowest BCUT2D eigenvalue weighted by Gasteiger charge is -2.45. The van der Waals surface area contributed by atoms with Gasteiger partial charge in [0.05, 0.1) is 77.0 Å². The molecule has 0 radical (unpaired) electrons. The Morgan fingerprint density at radius 2 is 0.969 bits per heavy atom. The van der Waals surface area contributed by atoms with Crippen molar-refractivity contribution in [3.05, 3.63) is 289 Å². The molecule has 7 aromatic carbocycles. The molecule has 0 bridgehead atoms. The maximum atomic E-state index is 13.4. The van der Waals surface area contributed by atoms with Crippen molar-refractivity contribution < 1.29 is 70.2 Å². The number of carbonyl (C=O) groups excluding carboxylic acids is 4. The molecule has 13 heterocycles. The van der Waals surface area contributed by atoms with E-state index in [2.05, 4.69) is 55.9 Å². The highest BCUT2D eigenvalue weighted by Crippen LogP contribution is 2.53. The summed E-state index contributed by atoms with van der Waals surface area (Å²) in [6.45, 7) is 10.4. The summed E-state index contributed by atoms with van der Waals surface area (Å²) in [7, 11) is 8.71. The van der Waals surface area contributed by atoms with Crippen molar-refractivity contribution in [1.82, 2.24) is 52.9 Å². The van der Waals surface area contributed by atoms with Crippen LogP contribution in [0.5, 0.6) is 40.2 Å². The highest BCUT2D eigenvalue weighted by molar-refractivity contribution is 6.31. The van der Waals surface area contributed by atoms with E-state index in [-0.39, 0.29) is 51.6 Å². The fourth-order valence-corrected chi connectivity index (χ4v) is 19.0. The molecular weight excluding hydrogens is 1690 g/mol. The summed E-state index contributed by atoms with van der Waals surface area (Å²) in [5.74, 6) is 4.08. The van der Waals surface area contributed by atoms with Crippen molar-refractivity contribution in [2.24, 2.45) is 21.1 Å². The number of carbonyl (C=O) groups is 4. The molecule has 666 valence electrons. The van der Waals surface area contributed by atoms with Gasteiger partial charge in [0.2, 0.25) is 0 Å². The predicted molar refractivity (Wildman–Crippen MR) is 478 cm³/mol. The monoisotopic (exact) mass is 1790 g/mol. The van der Waals surface area contributed by atoms with Gasteiger partial charge in [0.25, 0.3) is 29.2 Å². The average Bonchev–Trinajstić information content (AvgIpc) is 1.74. The summed E-state index contributed by atoms with van der Waals surface area (Å²) in [6, 6.07) is 56.7. The Morgan fingerprint density at radius 3 is 1.50 bits per heavy atom. The zero-order valence-electron chi connectivity index (χ0n) is 72.7. The Morgan fingerprint density at radius 1 is 0.496 bits per heavy atom. The lowest BCUT2D eigenvalue weighted by atomic mass is 9.81. The Kier molecular flexibility index (Phi) is 24.4. The number of benzene rings is 7. The minimum atomic E-state index is -4.58. The summed E-state index contributed by atoms with van der Waals surface area (Å²) in [6.07, 6.45) is 10.8. The van der Waals surface area contributed by atoms with Crippen LogP contribution < -0.4 is 38.7 Å². The first-order valence-corrected chi connectivity index (χ1v) is 43.9. The first kappa shape index (κ1) is 87.8. The van der Waals surface area contributed by atoms with E-state index in [1.165, 1.54) is 10.6 Å². The van der Waals surface area contributed by atoms with E-state index < -0.39 is 40.1 Å². The smallest absolute Gasteiger partial charge is 0.416 e. The number of halogens is 5. The second kappa shape index (κ2) is 35.8. The van der Waals surface area contributed by atoms with E-state index in [0.717, 1.165) is 98.0 Å². The van der Waals surface area contributed by atoms with Gasteiger partial charge in [0.1, 0.15) is 58.2 Å². The van der Waals surface area contributed by atoms with Crippen LogP contribution in [-0.2, 0) is 54.5 Å². The zero-order chi connectivity index (χ0) is 90.4. The second-order valence-electron chi connectivity index (χ2n) is 33.7. The van der Waals surface area contributed by atoms with E-state index in [1.54, 1.807) is 92.0 Å². The molecule has 4 saturated heterocycles. The SMILES string of the molecule is CC[C@@H](C)Oc1ccc(C(=O)N2CCC3(CC2)Oc2ccccc2-n2cccc23)cc1C#N.COc1cc(C(=O)N2CCC3(CC2)Oc2ccccc2-c2c3cnn2C)ccc1OC[C@H](C)OC.Cn1cccc(C(=O)N2CCC3(CC2)Oc2cc(Cl)ccc2-n2cccc23)c1=O.Cn1ncc2c1-c1ccccc1OC21CCN(C(=O)c2cc(Cl)cc(C(F)(F)F)c2)CC1. The van der Waals surface area contributed by atoms with Gasteiger partial charge < -0.3 is 71.2 Å². The largest absolute Gasteiger partial charge is 0.493 e. The number of alkyl halides is 3. The molecular formula is C99H97Cl2F3N12O13. The number of ether oxygens (including phenoxy) is 8. The van der Waals surface area contributed by atoms with E-state index in [4.69, 9.17) is 61.1 Å². The number of piperidine rings is 4. The van der Waals surface area contributed by atoms with Crippen molar-refractivity contribution in [3.63, 3.8) is 0 Å². The molecule has 4 amide bonds. The van der Waals surface area contributed by atoms with Crippen LogP contribution in [0, 0.1) is 11.3 Å². The molecule has 4 fully saturated rings. The molecule has 0 unspecified atom stereocenters. The number of hydrogen-bond donors (Lipinski definition) is 0. The standard InChI is InChI=1S/C27H31N3O5.C27H27N3O3.C23H19ClF3N3O2.C22H20ClN3O3/c1-18(32-3)17-34-23-10-9-19(15-24(23)33-4)26(31)30-13-11-27(12-14-30)21-16-28-29(2)25(21)20-7-5-6-8-22(20)35-27;1-3-19(2)32-23-11-10-20(17-21(23)18-28)26(31)29-15-12-27(13-16-29)25-9-6-14-30(25)22-7-4-5-8-24(22)33-27;1-29-20-17-4-2-3-5-19(17)32-22(18(20)13-28-29)6-8-30(9-7-22)21(31)14-10-15(23(25,26)27)12-16(24)11-14;1-24-10-2-4-16(20(24)27)21(28)25-12-8-22(9-13-25)19-5-3-11-26(19)17-7-6-15(23)14-18(17)29-22/h5-10,15-16,18H,11-14,17H2,1-4H3;4-11,14,17,19H,3,12-13,15-16H2,1-2H3;2-5,10-13H,6-9H2,1H3;2-7,10-11,14H,8-9,12-13H2,1H3/t18-;19-;;/m01../s1. The topological polar surface area (TPSA) is 246 Å². The van der Waals surface area contributed by atoms with Gasteiger partial charge in [-0.3, -0.25) is 33.3 Å². The summed E-state index contributed by atoms with van der Waals surface area (Å²) < 4.78 is 97.4. The molecule has 129 heavy (non-hydrogen) atoms.